The van der Waals surface area contributed by atoms with Crippen molar-refractivity contribution in [2.75, 3.05) is 13.6 Å². The molecule has 51 valence electrons. The molecule has 0 aromatic rings. The van der Waals surface area contributed by atoms with Gasteiger partial charge in [0.2, 0.25) is 0 Å². The second-order valence-corrected chi connectivity index (χ2v) is 1.49. The van der Waals surface area contributed by atoms with Gasteiger partial charge in [0, 0.05) is 13.6 Å². The lowest BCUT2D eigenvalue weighted by atomic mass is 10.7. The van der Waals surface area contributed by atoms with Gasteiger partial charge >= 0.3 is 12.4 Å². The second kappa shape index (κ2) is 3.88. The molecule has 1 N–H and O–H groups in total. The van der Waals surface area contributed by atoms with E-state index in [9.17, 15) is 9.59 Å². The minimum atomic E-state index is -0.424. The first-order chi connectivity index (χ1) is 4.22. The van der Waals surface area contributed by atoms with Crippen LogP contribution in [0, 0.1) is 0 Å². The van der Waals surface area contributed by atoms with Crippen molar-refractivity contribution in [3.63, 3.8) is 0 Å². The molecule has 3 amide bonds. The van der Waals surface area contributed by atoms with E-state index in [4.69, 9.17) is 0 Å². The van der Waals surface area contributed by atoms with Gasteiger partial charge in [-0.3, -0.25) is 9.69 Å². The fourth-order valence-electron chi connectivity index (χ4n) is 0.311. The van der Waals surface area contributed by atoms with E-state index < -0.39 is 6.03 Å². The van der Waals surface area contributed by atoms with Crippen LogP contribution in [-0.4, -0.2) is 30.9 Å². The maximum atomic E-state index is 10.5. The third-order valence-corrected chi connectivity index (χ3v) is 0.770. The van der Waals surface area contributed by atoms with Gasteiger partial charge in [-0.05, 0) is 6.92 Å². The smallest absolute Gasteiger partial charge is 0.324 e. The highest BCUT2D eigenvalue weighted by molar-refractivity contribution is 5.84. The first-order valence-electron chi connectivity index (χ1n) is 2.61. The molecule has 0 aliphatic heterocycles. The summed E-state index contributed by atoms with van der Waals surface area (Å²) in [6, 6.07) is -0.424. The van der Waals surface area contributed by atoms with E-state index in [1.165, 1.54) is 13.5 Å². The summed E-state index contributed by atoms with van der Waals surface area (Å²) in [5.41, 5.74) is 0. The lowest BCUT2D eigenvalue weighted by Gasteiger charge is -2.06. The van der Waals surface area contributed by atoms with Crippen LogP contribution in [0.4, 0.5) is 4.79 Å². The Morgan fingerprint density at radius 3 is 2.67 bits per heavy atom. The molecule has 0 unspecified atom stereocenters. The van der Waals surface area contributed by atoms with Crippen molar-refractivity contribution in [3.8, 4) is 0 Å². The van der Waals surface area contributed by atoms with Crippen molar-refractivity contribution in [1.82, 2.24) is 10.2 Å². The van der Waals surface area contributed by atoms with Gasteiger partial charge in [-0.1, -0.05) is 0 Å². The van der Waals surface area contributed by atoms with Crippen molar-refractivity contribution in [2.24, 2.45) is 0 Å². The van der Waals surface area contributed by atoms with Crippen molar-refractivity contribution in [2.45, 2.75) is 6.92 Å². The molecule has 0 aliphatic rings. The number of nitrogens with one attached hydrogen (secondary N) is 1. The average Bonchev–Trinajstić information content (AvgIpc) is 1.87. The lowest BCUT2D eigenvalue weighted by Crippen LogP contribution is -2.35. The normalized spacial score (nSPS) is 8.22. The van der Waals surface area contributed by atoms with Crippen molar-refractivity contribution in [1.29, 1.82) is 0 Å². The Bertz CT molecular complexity index is 114. The van der Waals surface area contributed by atoms with Crippen molar-refractivity contribution in [3.05, 3.63) is 0 Å². The minimum Gasteiger partial charge on any atom is -0.338 e. The van der Waals surface area contributed by atoms with E-state index >= 15 is 0 Å². The number of carbonyl (C=O) groups is 1. The highest BCUT2D eigenvalue weighted by atomic mass is 16.2. The lowest BCUT2D eigenvalue weighted by molar-refractivity contribution is 0.226. The Morgan fingerprint density at radius 1 is 1.78 bits per heavy atom. The zero-order valence-electron chi connectivity index (χ0n) is 5.47. The fourth-order valence-corrected chi connectivity index (χ4v) is 0.311. The predicted molar refractivity (Wildman–Crippen MR) is 32.5 cm³/mol. The van der Waals surface area contributed by atoms with Gasteiger partial charge in [-0.15, -0.1) is 0 Å². The van der Waals surface area contributed by atoms with Crippen LogP contribution in [0.5, 0.6) is 0 Å². The van der Waals surface area contributed by atoms with E-state index in [0.717, 1.165) is 4.90 Å². The summed E-state index contributed by atoms with van der Waals surface area (Å²) in [7, 11) is 1.35. The molecule has 0 aromatic heterocycles. The highest BCUT2D eigenvalue weighted by Gasteiger charge is 2.03. The summed E-state index contributed by atoms with van der Waals surface area (Å²) in [6.45, 7) is 2.29. The number of hydrogen-bond acceptors (Lipinski definition) is 2. The molecule has 9 heavy (non-hydrogen) atoms. The van der Waals surface area contributed by atoms with Crippen molar-refractivity contribution >= 4 is 12.4 Å². The third-order valence-electron chi connectivity index (χ3n) is 0.770. The summed E-state index contributed by atoms with van der Waals surface area (Å²) < 4.78 is 0. The number of imide groups is 1. The zero-order chi connectivity index (χ0) is 7.28. The molecule has 0 aliphatic carbocycles. The molecule has 0 fully saturated rings. The van der Waals surface area contributed by atoms with Gasteiger partial charge in [0.15, 0.2) is 0 Å². The molecular weight excluding hydrogens is 120 g/mol. The maximum Gasteiger partial charge on any atom is 0.324 e. The number of carbonyl (C=O) groups excluding carboxylic acids is 2. The zero-order valence-corrected chi connectivity index (χ0v) is 5.47. The summed E-state index contributed by atoms with van der Waals surface area (Å²) in [4.78, 5) is 21.1. The minimum absolute atomic E-state index is 0.424. The number of rotatable bonds is 2. The monoisotopic (exact) mass is 129 g/mol. The maximum absolute atomic E-state index is 10.5. The van der Waals surface area contributed by atoms with E-state index in [1.54, 1.807) is 6.92 Å². The Hall–Kier alpha value is -1.06. The number of urea groups is 1. The van der Waals surface area contributed by atoms with Crippen LogP contribution < -0.4 is 5.32 Å². The molecule has 0 saturated heterocycles. The van der Waals surface area contributed by atoms with Gasteiger partial charge < -0.3 is 5.32 Å². The molecule has 0 aromatic carbocycles. The van der Waals surface area contributed by atoms with Crippen LogP contribution in [0.15, 0.2) is 0 Å². The summed E-state index contributed by atoms with van der Waals surface area (Å²) in [5.74, 6) is 0. The highest BCUT2D eigenvalue weighted by Crippen LogP contribution is 1.74. The molecule has 0 bridgehead atoms. The van der Waals surface area contributed by atoms with Crippen LogP contribution in [0.1, 0.15) is 6.92 Å². The summed E-state index contributed by atoms with van der Waals surface area (Å²) >= 11 is 0. The number of hydrogen-bond donors (Lipinski definition) is 1. The van der Waals surface area contributed by atoms with Crippen LogP contribution in [-0.2, 0) is 4.79 Å². The average molecular weight is 129 g/mol. The van der Waals surface area contributed by atoms with Crippen LogP contribution in [0.3, 0.4) is 0 Å². The first-order valence-corrected chi connectivity index (χ1v) is 2.61. The fraction of sp³-hybridized carbons (Fsp3) is 0.600. The largest absolute Gasteiger partial charge is 0.338 e. The van der Waals surface area contributed by atoms with Crippen LogP contribution in [0.2, 0.25) is 0 Å². The number of amides is 3. The molecule has 4 nitrogen and oxygen atoms in total. The van der Waals surface area contributed by atoms with E-state index in [1.807, 2.05) is 0 Å². The van der Waals surface area contributed by atoms with E-state index in [2.05, 4.69) is 5.32 Å². The topological polar surface area (TPSA) is 49.4 Å². The van der Waals surface area contributed by atoms with Gasteiger partial charge in [0.25, 0.3) is 0 Å². The third kappa shape index (κ3) is 2.69. The van der Waals surface area contributed by atoms with E-state index in [0.29, 0.717) is 6.54 Å². The Kier molecular flexibility index (Phi) is 3.43. The molecule has 0 heterocycles. The molecule has 0 rings (SSSR count). The summed E-state index contributed by atoms with van der Waals surface area (Å²) in [6.07, 6.45) is 1.42. The molecule has 0 spiro atoms. The standard InChI is InChI=1S/C5H9N2O2/c1-3-6-5(9)7(2)4-8/h3H2,1-2H3,(H,6,9). The molecule has 0 atom stereocenters. The summed E-state index contributed by atoms with van der Waals surface area (Å²) in [5, 5.41) is 2.42. The van der Waals surface area contributed by atoms with Crippen LogP contribution >= 0.6 is 0 Å². The second-order valence-electron chi connectivity index (χ2n) is 1.49. The first kappa shape index (κ1) is 7.94. The van der Waals surface area contributed by atoms with Crippen LogP contribution in [0.25, 0.3) is 0 Å². The Morgan fingerprint density at radius 2 is 2.33 bits per heavy atom. The van der Waals surface area contributed by atoms with Gasteiger partial charge in [0.05, 0.1) is 0 Å². The van der Waals surface area contributed by atoms with Crippen molar-refractivity contribution < 1.29 is 9.59 Å². The Balaban J connectivity index is 3.58. The molecular formula is C5H9N2O2. The van der Waals surface area contributed by atoms with E-state index in [-0.39, 0.29) is 0 Å². The number of nitrogens with zero attached hydrogens (tertiary/aromatic N) is 1. The molecule has 0 saturated carbocycles. The quantitative estimate of drug-likeness (QED) is 0.521. The molecule has 4 heteroatoms. The Labute approximate surface area is 53.8 Å². The SMILES string of the molecule is CCNC(=O)N(C)[C]=O. The van der Waals surface area contributed by atoms with Gasteiger partial charge in [0.1, 0.15) is 0 Å². The van der Waals surface area contributed by atoms with Gasteiger partial charge in [-0.25, -0.2) is 4.79 Å². The predicted octanol–water partition coefficient (Wildman–Crippen LogP) is -0.285. The van der Waals surface area contributed by atoms with Gasteiger partial charge in [-0.2, -0.15) is 0 Å². The molecule has 1 radical (unpaired) electrons.